The van der Waals surface area contributed by atoms with Crippen LogP contribution >= 0.6 is 11.6 Å². The predicted molar refractivity (Wildman–Crippen MR) is 85.5 cm³/mol. The fraction of sp³-hybridized carbons (Fsp3) is 0.588. The standard InChI is InChI=1S/C17H24ClNO2/c1-2-15(17(20)21)9-13-6-4-8-19(11-13)12-14-5-3-7-16(18)10-14/h3,5,7,10,13,15H,2,4,6,8-9,11-12H2,1H3,(H,20,21). The van der Waals surface area contributed by atoms with Crippen molar-refractivity contribution in [1.29, 1.82) is 0 Å². The second kappa shape index (κ2) is 7.81. The van der Waals surface area contributed by atoms with Crippen LogP contribution < -0.4 is 0 Å². The van der Waals surface area contributed by atoms with Crippen molar-refractivity contribution in [2.24, 2.45) is 11.8 Å². The first-order valence-electron chi connectivity index (χ1n) is 7.78. The molecule has 3 nitrogen and oxygen atoms in total. The van der Waals surface area contributed by atoms with Crippen LogP contribution in [-0.4, -0.2) is 29.1 Å². The number of likely N-dealkylation sites (tertiary alicyclic amines) is 1. The van der Waals surface area contributed by atoms with E-state index in [1.54, 1.807) is 0 Å². The fourth-order valence-corrected chi connectivity index (χ4v) is 3.44. The van der Waals surface area contributed by atoms with Crippen molar-refractivity contribution in [1.82, 2.24) is 4.90 Å². The number of carboxylic acid groups (broad SMARTS) is 1. The van der Waals surface area contributed by atoms with Crippen molar-refractivity contribution in [3.8, 4) is 0 Å². The maximum absolute atomic E-state index is 11.2. The predicted octanol–water partition coefficient (Wildman–Crippen LogP) is 4.05. The first kappa shape index (κ1) is 16.3. The summed E-state index contributed by atoms with van der Waals surface area (Å²) in [6.45, 7) is 4.95. The van der Waals surface area contributed by atoms with Gasteiger partial charge < -0.3 is 5.11 Å². The van der Waals surface area contributed by atoms with Gasteiger partial charge in [-0.25, -0.2) is 0 Å². The summed E-state index contributed by atoms with van der Waals surface area (Å²) in [5, 5.41) is 9.98. The summed E-state index contributed by atoms with van der Waals surface area (Å²) in [6, 6.07) is 7.98. The molecule has 1 aromatic carbocycles. The van der Waals surface area contributed by atoms with Crippen LogP contribution in [0.2, 0.25) is 5.02 Å². The Bertz CT molecular complexity index is 478. The minimum Gasteiger partial charge on any atom is -0.481 e. The molecule has 4 heteroatoms. The Labute approximate surface area is 131 Å². The maximum atomic E-state index is 11.2. The van der Waals surface area contributed by atoms with E-state index in [1.165, 1.54) is 5.56 Å². The van der Waals surface area contributed by atoms with Crippen LogP contribution in [0.15, 0.2) is 24.3 Å². The second-order valence-corrected chi connectivity index (χ2v) is 6.49. The summed E-state index contributed by atoms with van der Waals surface area (Å²) >= 11 is 6.03. The van der Waals surface area contributed by atoms with Crippen LogP contribution in [-0.2, 0) is 11.3 Å². The molecular formula is C17H24ClNO2. The molecule has 1 fully saturated rings. The zero-order chi connectivity index (χ0) is 15.2. The van der Waals surface area contributed by atoms with Crippen LogP contribution in [0.25, 0.3) is 0 Å². The van der Waals surface area contributed by atoms with Crippen molar-refractivity contribution in [3.63, 3.8) is 0 Å². The number of hydrogen-bond donors (Lipinski definition) is 1. The molecule has 2 unspecified atom stereocenters. The highest BCUT2D eigenvalue weighted by molar-refractivity contribution is 6.30. The molecule has 0 spiro atoms. The average Bonchev–Trinajstić information content (AvgIpc) is 2.45. The van der Waals surface area contributed by atoms with Gasteiger partial charge in [-0.15, -0.1) is 0 Å². The van der Waals surface area contributed by atoms with Gasteiger partial charge in [-0.05, 0) is 55.8 Å². The van der Waals surface area contributed by atoms with Gasteiger partial charge in [0.05, 0.1) is 5.92 Å². The monoisotopic (exact) mass is 309 g/mol. The Kier molecular flexibility index (Phi) is 6.07. The molecule has 1 heterocycles. The Morgan fingerprint density at radius 1 is 1.52 bits per heavy atom. The van der Waals surface area contributed by atoms with Crippen LogP contribution in [0, 0.1) is 11.8 Å². The number of halogens is 1. The van der Waals surface area contributed by atoms with Gasteiger partial charge >= 0.3 is 5.97 Å². The maximum Gasteiger partial charge on any atom is 0.306 e. The molecule has 0 saturated carbocycles. The van der Waals surface area contributed by atoms with Gasteiger partial charge in [-0.1, -0.05) is 30.7 Å². The second-order valence-electron chi connectivity index (χ2n) is 6.05. The Morgan fingerprint density at radius 3 is 3.00 bits per heavy atom. The van der Waals surface area contributed by atoms with Crippen molar-refractivity contribution < 1.29 is 9.90 Å². The molecule has 0 amide bonds. The lowest BCUT2D eigenvalue weighted by Crippen LogP contribution is -2.36. The topological polar surface area (TPSA) is 40.5 Å². The minimum absolute atomic E-state index is 0.193. The molecule has 0 bridgehead atoms. The summed E-state index contributed by atoms with van der Waals surface area (Å²) in [5.74, 6) is -0.343. The zero-order valence-electron chi connectivity index (χ0n) is 12.6. The molecule has 1 aromatic rings. The first-order chi connectivity index (χ1) is 10.1. The van der Waals surface area contributed by atoms with E-state index < -0.39 is 5.97 Å². The normalized spacial score (nSPS) is 21.1. The van der Waals surface area contributed by atoms with Crippen molar-refractivity contribution in [2.75, 3.05) is 13.1 Å². The molecule has 1 aliphatic heterocycles. The van der Waals surface area contributed by atoms with Gasteiger partial charge in [-0.2, -0.15) is 0 Å². The molecule has 0 aliphatic carbocycles. The molecule has 1 aliphatic rings. The Morgan fingerprint density at radius 2 is 2.33 bits per heavy atom. The highest BCUT2D eigenvalue weighted by Gasteiger charge is 2.25. The third-order valence-corrected chi connectivity index (χ3v) is 4.59. The van der Waals surface area contributed by atoms with Crippen molar-refractivity contribution >= 4 is 17.6 Å². The minimum atomic E-state index is -0.649. The third kappa shape index (κ3) is 5.01. The average molecular weight is 310 g/mol. The fourth-order valence-electron chi connectivity index (χ4n) is 3.23. The quantitative estimate of drug-likeness (QED) is 0.861. The lowest BCUT2D eigenvalue weighted by Gasteiger charge is -2.33. The molecule has 1 N–H and O–H groups in total. The summed E-state index contributed by atoms with van der Waals surface area (Å²) in [5.41, 5.74) is 1.23. The number of piperidine rings is 1. The zero-order valence-corrected chi connectivity index (χ0v) is 13.4. The largest absolute Gasteiger partial charge is 0.481 e. The summed E-state index contributed by atoms with van der Waals surface area (Å²) in [6.07, 6.45) is 3.83. The summed E-state index contributed by atoms with van der Waals surface area (Å²) in [7, 11) is 0. The number of aliphatic carboxylic acids is 1. The van der Waals surface area contributed by atoms with Crippen molar-refractivity contribution in [2.45, 2.75) is 39.2 Å². The van der Waals surface area contributed by atoms with E-state index in [2.05, 4.69) is 11.0 Å². The van der Waals surface area contributed by atoms with Gasteiger partial charge in [0.25, 0.3) is 0 Å². The lowest BCUT2D eigenvalue weighted by atomic mass is 9.87. The molecule has 2 atom stereocenters. The Balaban J connectivity index is 1.90. The number of nitrogens with zero attached hydrogens (tertiary/aromatic N) is 1. The third-order valence-electron chi connectivity index (χ3n) is 4.36. The van der Waals surface area contributed by atoms with Gasteiger partial charge in [0, 0.05) is 18.1 Å². The number of carboxylic acids is 1. The van der Waals surface area contributed by atoms with E-state index in [4.69, 9.17) is 11.6 Å². The number of rotatable bonds is 6. The number of benzene rings is 1. The van der Waals surface area contributed by atoms with E-state index in [0.29, 0.717) is 5.92 Å². The van der Waals surface area contributed by atoms with Gasteiger partial charge in [0.15, 0.2) is 0 Å². The SMILES string of the molecule is CCC(CC1CCCN(Cc2cccc(Cl)c2)C1)C(=O)O. The van der Waals surface area contributed by atoms with Crippen molar-refractivity contribution in [3.05, 3.63) is 34.9 Å². The molecule has 0 radical (unpaired) electrons. The molecule has 116 valence electrons. The van der Waals surface area contributed by atoms with Crippen LogP contribution in [0.1, 0.15) is 38.2 Å². The number of hydrogen-bond acceptors (Lipinski definition) is 2. The smallest absolute Gasteiger partial charge is 0.306 e. The highest BCUT2D eigenvalue weighted by atomic mass is 35.5. The van der Waals surface area contributed by atoms with Crippen LogP contribution in [0.5, 0.6) is 0 Å². The summed E-state index contributed by atoms with van der Waals surface area (Å²) < 4.78 is 0. The molecule has 2 rings (SSSR count). The molecule has 21 heavy (non-hydrogen) atoms. The lowest BCUT2D eigenvalue weighted by molar-refractivity contribution is -0.142. The van der Waals surface area contributed by atoms with E-state index in [0.717, 1.165) is 50.3 Å². The van der Waals surface area contributed by atoms with E-state index in [9.17, 15) is 9.90 Å². The molecular weight excluding hydrogens is 286 g/mol. The Hall–Kier alpha value is -1.06. The van der Waals surface area contributed by atoms with E-state index in [1.807, 2.05) is 25.1 Å². The van der Waals surface area contributed by atoms with Crippen LogP contribution in [0.4, 0.5) is 0 Å². The molecule has 0 aromatic heterocycles. The van der Waals surface area contributed by atoms with Gasteiger partial charge in [-0.3, -0.25) is 9.69 Å². The number of carbonyl (C=O) groups is 1. The van der Waals surface area contributed by atoms with Gasteiger partial charge in [0.2, 0.25) is 0 Å². The van der Waals surface area contributed by atoms with Gasteiger partial charge in [0.1, 0.15) is 0 Å². The molecule has 1 saturated heterocycles. The highest BCUT2D eigenvalue weighted by Crippen LogP contribution is 2.26. The first-order valence-corrected chi connectivity index (χ1v) is 8.16. The summed E-state index contributed by atoms with van der Waals surface area (Å²) in [4.78, 5) is 13.6. The van der Waals surface area contributed by atoms with E-state index in [-0.39, 0.29) is 5.92 Å². The van der Waals surface area contributed by atoms with Crippen LogP contribution in [0.3, 0.4) is 0 Å². The van der Waals surface area contributed by atoms with E-state index >= 15 is 0 Å².